The highest BCUT2D eigenvalue weighted by molar-refractivity contribution is 8.00. The molecule has 0 bridgehead atoms. The van der Waals surface area contributed by atoms with Crippen molar-refractivity contribution in [2.24, 2.45) is 0 Å². The van der Waals surface area contributed by atoms with Gasteiger partial charge in [-0.25, -0.2) is 0 Å². The van der Waals surface area contributed by atoms with Gasteiger partial charge in [-0.2, -0.15) is 0 Å². The lowest BCUT2D eigenvalue weighted by Gasteiger charge is -2.42. The van der Waals surface area contributed by atoms with E-state index in [-0.39, 0.29) is 16.9 Å². The minimum atomic E-state index is -0.0849. The lowest BCUT2D eigenvalue weighted by Crippen LogP contribution is -2.49. The molecular formula is C25H31NO3S. The van der Waals surface area contributed by atoms with Gasteiger partial charge in [-0.1, -0.05) is 26.0 Å². The third-order valence-corrected chi connectivity index (χ3v) is 7.88. The molecule has 1 saturated heterocycles. The number of nitrogens with zero attached hydrogens (tertiary/aromatic N) is 1. The Bertz CT molecular complexity index is 855. The number of rotatable bonds is 5. The van der Waals surface area contributed by atoms with Crippen LogP contribution in [0.25, 0.3) is 0 Å². The van der Waals surface area contributed by atoms with Crippen molar-refractivity contribution in [2.75, 3.05) is 19.4 Å². The Morgan fingerprint density at radius 3 is 2.27 bits per heavy atom. The Morgan fingerprint density at radius 2 is 1.67 bits per heavy atom. The van der Waals surface area contributed by atoms with Crippen LogP contribution in [0.2, 0.25) is 0 Å². The number of hydrogen-bond donors (Lipinski definition) is 0. The first-order chi connectivity index (χ1) is 14.5. The summed E-state index contributed by atoms with van der Waals surface area (Å²) in [6.07, 6.45) is 4.14. The van der Waals surface area contributed by atoms with Gasteiger partial charge in [-0.3, -0.25) is 4.79 Å². The molecule has 0 radical (unpaired) electrons. The van der Waals surface area contributed by atoms with Crippen molar-refractivity contribution < 1.29 is 14.3 Å². The molecule has 0 aromatic heterocycles. The first-order valence-corrected chi connectivity index (χ1v) is 11.9. The fourth-order valence-corrected chi connectivity index (χ4v) is 5.99. The van der Waals surface area contributed by atoms with Gasteiger partial charge in [0.1, 0.15) is 11.5 Å². The predicted molar refractivity (Wildman–Crippen MR) is 123 cm³/mol. The number of carbonyl (C=O) groups excluding carboxylic acids is 1. The maximum absolute atomic E-state index is 13.2. The molecule has 160 valence electrons. The molecule has 1 spiro atoms. The second kappa shape index (κ2) is 8.93. The van der Waals surface area contributed by atoms with Gasteiger partial charge in [0.15, 0.2) is 0 Å². The van der Waals surface area contributed by atoms with Crippen LogP contribution in [0.15, 0.2) is 48.5 Å². The molecule has 30 heavy (non-hydrogen) atoms. The van der Waals surface area contributed by atoms with E-state index in [1.54, 1.807) is 7.11 Å². The van der Waals surface area contributed by atoms with E-state index in [9.17, 15) is 4.79 Å². The summed E-state index contributed by atoms with van der Waals surface area (Å²) in [6.45, 7) is 5.22. The van der Waals surface area contributed by atoms with E-state index in [4.69, 9.17) is 9.47 Å². The van der Waals surface area contributed by atoms with Crippen molar-refractivity contribution in [1.82, 2.24) is 4.90 Å². The standard InChI is InChI=1S/C25H31NO3S/c1-18(2)19-4-10-22(11-5-19)29-23-12-14-25(15-13-23)26(16-17-30-25)24(27)20-6-8-21(28-3)9-7-20/h4-11,18,23H,12-17H2,1-3H3. The molecule has 0 unspecified atom stereocenters. The average Bonchev–Trinajstić information content (AvgIpc) is 3.18. The number of thioether (sulfide) groups is 1. The minimum absolute atomic E-state index is 0.0849. The van der Waals surface area contributed by atoms with E-state index in [1.165, 1.54) is 5.56 Å². The summed E-state index contributed by atoms with van der Waals surface area (Å²) in [4.78, 5) is 15.2. The molecule has 2 aromatic rings. The van der Waals surface area contributed by atoms with Gasteiger partial charge in [0.05, 0.1) is 18.1 Å². The number of methoxy groups -OCH3 is 1. The smallest absolute Gasteiger partial charge is 0.254 e. The van der Waals surface area contributed by atoms with Crippen molar-refractivity contribution in [3.05, 3.63) is 59.7 Å². The predicted octanol–water partition coefficient (Wildman–Crippen LogP) is 5.73. The first kappa shape index (κ1) is 21.1. The Morgan fingerprint density at radius 1 is 1.03 bits per heavy atom. The number of hydrogen-bond acceptors (Lipinski definition) is 4. The molecule has 1 saturated carbocycles. The van der Waals surface area contributed by atoms with Crippen molar-refractivity contribution >= 4 is 17.7 Å². The normalized spacial score (nSPS) is 23.7. The SMILES string of the molecule is COc1ccc(C(=O)N2CCSC23CCC(Oc2ccc(C(C)C)cc2)CC3)cc1. The third-order valence-electron chi connectivity index (χ3n) is 6.32. The number of benzene rings is 2. The molecule has 5 heteroatoms. The fourth-order valence-electron chi connectivity index (χ4n) is 4.48. The van der Waals surface area contributed by atoms with Crippen LogP contribution in [0.4, 0.5) is 0 Å². The Hall–Kier alpha value is -2.14. The van der Waals surface area contributed by atoms with Gasteiger partial charge in [0, 0.05) is 17.9 Å². The zero-order valence-electron chi connectivity index (χ0n) is 18.1. The van der Waals surface area contributed by atoms with Gasteiger partial charge >= 0.3 is 0 Å². The van der Waals surface area contributed by atoms with Gasteiger partial charge in [0.25, 0.3) is 5.91 Å². The van der Waals surface area contributed by atoms with E-state index in [2.05, 4.69) is 43.0 Å². The van der Waals surface area contributed by atoms with Crippen LogP contribution in [0.5, 0.6) is 11.5 Å². The second-order valence-electron chi connectivity index (χ2n) is 8.52. The van der Waals surface area contributed by atoms with E-state index >= 15 is 0 Å². The Balaban J connectivity index is 1.39. The molecule has 1 aliphatic heterocycles. The van der Waals surface area contributed by atoms with Crippen molar-refractivity contribution in [3.8, 4) is 11.5 Å². The molecule has 1 aliphatic carbocycles. The maximum atomic E-state index is 13.2. The van der Waals surface area contributed by atoms with Crippen LogP contribution in [-0.4, -0.2) is 41.2 Å². The molecule has 1 amide bonds. The van der Waals surface area contributed by atoms with Crippen LogP contribution in [0.3, 0.4) is 0 Å². The van der Waals surface area contributed by atoms with Crippen LogP contribution < -0.4 is 9.47 Å². The molecule has 2 fully saturated rings. The summed E-state index contributed by atoms with van der Waals surface area (Å²) >= 11 is 1.94. The summed E-state index contributed by atoms with van der Waals surface area (Å²) in [5.41, 5.74) is 2.07. The van der Waals surface area contributed by atoms with Gasteiger partial charge in [0.2, 0.25) is 0 Å². The third kappa shape index (κ3) is 4.31. The highest BCUT2D eigenvalue weighted by atomic mass is 32.2. The van der Waals surface area contributed by atoms with E-state index in [1.807, 2.05) is 36.0 Å². The molecule has 4 rings (SSSR count). The molecule has 4 nitrogen and oxygen atoms in total. The number of carbonyl (C=O) groups is 1. The van der Waals surface area contributed by atoms with Gasteiger partial charge in [-0.05, 0) is 73.6 Å². The minimum Gasteiger partial charge on any atom is -0.497 e. The molecule has 2 aliphatic rings. The molecule has 1 heterocycles. The lowest BCUT2D eigenvalue weighted by molar-refractivity contribution is 0.0513. The maximum Gasteiger partial charge on any atom is 0.254 e. The number of amides is 1. The largest absolute Gasteiger partial charge is 0.497 e. The first-order valence-electron chi connectivity index (χ1n) is 10.9. The topological polar surface area (TPSA) is 38.8 Å². The highest BCUT2D eigenvalue weighted by Crippen LogP contribution is 2.47. The molecule has 0 atom stereocenters. The van der Waals surface area contributed by atoms with E-state index in [0.717, 1.165) is 55.0 Å². The van der Waals surface area contributed by atoms with E-state index in [0.29, 0.717) is 5.92 Å². The zero-order valence-corrected chi connectivity index (χ0v) is 18.9. The monoisotopic (exact) mass is 425 g/mol. The van der Waals surface area contributed by atoms with Crippen molar-refractivity contribution in [1.29, 1.82) is 0 Å². The number of ether oxygens (including phenoxy) is 2. The van der Waals surface area contributed by atoms with Crippen molar-refractivity contribution in [2.45, 2.75) is 56.4 Å². The van der Waals surface area contributed by atoms with E-state index < -0.39 is 0 Å². The summed E-state index contributed by atoms with van der Waals surface area (Å²) in [5.74, 6) is 3.39. The molecular weight excluding hydrogens is 394 g/mol. The molecule has 0 N–H and O–H groups in total. The summed E-state index contributed by atoms with van der Waals surface area (Å²) in [6, 6.07) is 15.9. The van der Waals surface area contributed by atoms with Crippen molar-refractivity contribution in [3.63, 3.8) is 0 Å². The lowest BCUT2D eigenvalue weighted by atomic mass is 9.90. The quantitative estimate of drug-likeness (QED) is 0.614. The Labute approximate surface area is 183 Å². The fraction of sp³-hybridized carbons (Fsp3) is 0.480. The van der Waals surface area contributed by atoms with Crippen LogP contribution in [0, 0.1) is 0 Å². The second-order valence-corrected chi connectivity index (χ2v) is 9.98. The zero-order chi connectivity index (χ0) is 21.1. The van der Waals surface area contributed by atoms with Crippen LogP contribution in [0.1, 0.15) is 61.4 Å². The highest BCUT2D eigenvalue weighted by Gasteiger charge is 2.47. The molecule has 2 aromatic carbocycles. The summed E-state index contributed by atoms with van der Waals surface area (Å²) < 4.78 is 11.5. The van der Waals surface area contributed by atoms with Gasteiger partial charge < -0.3 is 14.4 Å². The van der Waals surface area contributed by atoms with Crippen LogP contribution in [-0.2, 0) is 0 Å². The average molecular weight is 426 g/mol. The summed E-state index contributed by atoms with van der Waals surface area (Å²) in [5, 5.41) is 0. The van der Waals surface area contributed by atoms with Gasteiger partial charge in [-0.15, -0.1) is 11.8 Å². The summed E-state index contributed by atoms with van der Waals surface area (Å²) in [7, 11) is 1.64. The Kier molecular flexibility index (Phi) is 6.28. The van der Waals surface area contributed by atoms with Crippen LogP contribution >= 0.6 is 11.8 Å².